The molecule has 0 aromatic rings. The van der Waals surface area contributed by atoms with Crippen molar-refractivity contribution in [1.29, 1.82) is 0 Å². The van der Waals surface area contributed by atoms with E-state index in [0.717, 1.165) is 23.5 Å². The van der Waals surface area contributed by atoms with Crippen LogP contribution in [0, 0.1) is 5.41 Å². The minimum atomic E-state index is 0.346. The van der Waals surface area contributed by atoms with Gasteiger partial charge in [0.2, 0.25) is 0 Å². The predicted molar refractivity (Wildman–Crippen MR) is 58.3 cm³/mol. The molecule has 1 unspecified atom stereocenters. The molecule has 0 saturated heterocycles. The van der Waals surface area contributed by atoms with Gasteiger partial charge in [-0.15, -0.1) is 6.58 Å². The Morgan fingerprint density at radius 3 is 2.42 bits per heavy atom. The van der Waals surface area contributed by atoms with Crippen LogP contribution in [-0.4, -0.2) is 17.1 Å². The molecule has 0 rings (SSSR count). The minimum absolute atomic E-state index is 0.346. The highest BCUT2D eigenvalue weighted by atomic mass is 28.2. The largest absolute Gasteiger partial charge is 0.428 e. The highest BCUT2D eigenvalue weighted by Gasteiger charge is 2.22. The average molecular weight is 186 g/mol. The van der Waals surface area contributed by atoms with Gasteiger partial charge >= 0.3 is 0 Å². The van der Waals surface area contributed by atoms with Gasteiger partial charge in [-0.05, 0) is 24.7 Å². The normalized spacial score (nSPS) is 15.8. The monoisotopic (exact) mass is 186 g/mol. The van der Waals surface area contributed by atoms with Gasteiger partial charge < -0.3 is 4.43 Å². The summed E-state index contributed by atoms with van der Waals surface area (Å²) in [6, 6.07) is 0. The SMILES string of the molecule is C=CC(CC)(CCC)CCO[SiH3]. The summed E-state index contributed by atoms with van der Waals surface area (Å²) in [5.41, 5.74) is 0.346. The summed E-state index contributed by atoms with van der Waals surface area (Å²) in [6.45, 7) is 9.31. The van der Waals surface area contributed by atoms with Gasteiger partial charge in [0, 0.05) is 6.61 Å². The molecule has 0 saturated carbocycles. The van der Waals surface area contributed by atoms with Crippen LogP contribution in [0.15, 0.2) is 12.7 Å². The van der Waals surface area contributed by atoms with E-state index in [4.69, 9.17) is 4.43 Å². The van der Waals surface area contributed by atoms with Crippen LogP contribution in [0.1, 0.15) is 39.5 Å². The molecule has 72 valence electrons. The summed E-state index contributed by atoms with van der Waals surface area (Å²) in [7, 11) is 0.857. The van der Waals surface area contributed by atoms with Crippen LogP contribution in [0.4, 0.5) is 0 Å². The molecule has 0 aliphatic heterocycles. The second-order valence-corrected chi connectivity index (χ2v) is 3.99. The van der Waals surface area contributed by atoms with Crippen molar-refractivity contribution in [3.63, 3.8) is 0 Å². The number of rotatable bonds is 7. The van der Waals surface area contributed by atoms with Gasteiger partial charge in [-0.25, -0.2) is 0 Å². The molecule has 0 spiro atoms. The van der Waals surface area contributed by atoms with Gasteiger partial charge in [0.1, 0.15) is 10.5 Å². The molecule has 12 heavy (non-hydrogen) atoms. The maximum absolute atomic E-state index is 5.24. The van der Waals surface area contributed by atoms with Crippen molar-refractivity contribution >= 4 is 10.5 Å². The van der Waals surface area contributed by atoms with Crippen molar-refractivity contribution in [3.8, 4) is 0 Å². The van der Waals surface area contributed by atoms with Crippen molar-refractivity contribution in [2.24, 2.45) is 5.41 Å². The summed E-state index contributed by atoms with van der Waals surface area (Å²) >= 11 is 0. The van der Waals surface area contributed by atoms with Gasteiger partial charge in [0.15, 0.2) is 0 Å². The highest BCUT2D eigenvalue weighted by Crippen LogP contribution is 2.33. The molecule has 1 nitrogen and oxygen atoms in total. The van der Waals surface area contributed by atoms with E-state index in [9.17, 15) is 0 Å². The molecule has 2 heteroatoms. The minimum Gasteiger partial charge on any atom is -0.428 e. The molecule has 1 atom stereocenters. The Morgan fingerprint density at radius 1 is 1.42 bits per heavy atom. The first-order chi connectivity index (χ1) is 5.74. The van der Waals surface area contributed by atoms with Crippen molar-refractivity contribution < 1.29 is 4.43 Å². The molecule has 0 fully saturated rings. The van der Waals surface area contributed by atoms with E-state index < -0.39 is 0 Å². The fourth-order valence-electron chi connectivity index (χ4n) is 1.63. The van der Waals surface area contributed by atoms with E-state index in [1.165, 1.54) is 19.3 Å². The van der Waals surface area contributed by atoms with Gasteiger partial charge in [-0.3, -0.25) is 0 Å². The Kier molecular flexibility index (Phi) is 6.39. The fraction of sp³-hybridized carbons (Fsp3) is 0.800. The number of hydrogen-bond acceptors (Lipinski definition) is 1. The topological polar surface area (TPSA) is 9.23 Å². The molecule has 0 aliphatic rings. The zero-order valence-electron chi connectivity index (χ0n) is 8.73. The Hall–Kier alpha value is -0.0831. The predicted octanol–water partition coefficient (Wildman–Crippen LogP) is 2.06. The molecular formula is C10H22OSi. The summed E-state index contributed by atoms with van der Waals surface area (Å²) in [6.07, 6.45) is 6.94. The molecule has 0 amide bonds. The van der Waals surface area contributed by atoms with E-state index >= 15 is 0 Å². The van der Waals surface area contributed by atoms with Crippen molar-refractivity contribution in [3.05, 3.63) is 12.7 Å². The van der Waals surface area contributed by atoms with Gasteiger partial charge in [-0.1, -0.05) is 26.3 Å². The average Bonchev–Trinajstić information content (AvgIpc) is 2.13. The third kappa shape index (κ3) is 3.54. The number of allylic oxidation sites excluding steroid dienone is 1. The van der Waals surface area contributed by atoms with E-state index in [2.05, 4.69) is 26.5 Å². The third-order valence-electron chi connectivity index (χ3n) is 2.69. The lowest BCUT2D eigenvalue weighted by Gasteiger charge is -2.28. The zero-order valence-corrected chi connectivity index (χ0v) is 10.7. The van der Waals surface area contributed by atoms with Gasteiger partial charge in [0.25, 0.3) is 0 Å². The molecule has 0 aromatic heterocycles. The molecule has 0 heterocycles. The second-order valence-electron chi connectivity index (χ2n) is 3.41. The van der Waals surface area contributed by atoms with Crippen LogP contribution < -0.4 is 0 Å². The molecule has 0 N–H and O–H groups in total. The molecule has 0 radical (unpaired) electrons. The Labute approximate surface area is 79.7 Å². The lowest BCUT2D eigenvalue weighted by molar-refractivity contribution is 0.230. The zero-order chi connectivity index (χ0) is 9.45. The Balaban J connectivity index is 4.04. The van der Waals surface area contributed by atoms with Crippen molar-refractivity contribution in [2.45, 2.75) is 39.5 Å². The van der Waals surface area contributed by atoms with Crippen LogP contribution in [-0.2, 0) is 4.43 Å². The van der Waals surface area contributed by atoms with Crippen molar-refractivity contribution in [2.75, 3.05) is 6.61 Å². The fourth-order valence-corrected chi connectivity index (χ4v) is 1.83. The van der Waals surface area contributed by atoms with Crippen LogP contribution in [0.25, 0.3) is 0 Å². The maximum Gasteiger partial charge on any atom is 0.145 e. The first-order valence-electron chi connectivity index (χ1n) is 4.87. The van der Waals surface area contributed by atoms with Crippen LogP contribution in [0.5, 0.6) is 0 Å². The molecular weight excluding hydrogens is 164 g/mol. The summed E-state index contributed by atoms with van der Waals surface area (Å²) in [5.74, 6) is 0. The Bertz CT molecular complexity index is 125. The van der Waals surface area contributed by atoms with E-state index in [1.807, 2.05) is 0 Å². The van der Waals surface area contributed by atoms with Crippen LogP contribution in [0.2, 0.25) is 0 Å². The van der Waals surface area contributed by atoms with Crippen molar-refractivity contribution in [1.82, 2.24) is 0 Å². The lowest BCUT2D eigenvalue weighted by Crippen LogP contribution is -2.18. The third-order valence-corrected chi connectivity index (χ3v) is 3.10. The quantitative estimate of drug-likeness (QED) is 0.437. The van der Waals surface area contributed by atoms with Gasteiger partial charge in [-0.2, -0.15) is 0 Å². The smallest absolute Gasteiger partial charge is 0.145 e. The van der Waals surface area contributed by atoms with E-state index in [1.54, 1.807) is 0 Å². The maximum atomic E-state index is 5.24. The van der Waals surface area contributed by atoms with E-state index in [0.29, 0.717) is 5.41 Å². The van der Waals surface area contributed by atoms with E-state index in [-0.39, 0.29) is 0 Å². The van der Waals surface area contributed by atoms with Crippen LogP contribution >= 0.6 is 0 Å². The van der Waals surface area contributed by atoms with Crippen LogP contribution in [0.3, 0.4) is 0 Å². The Morgan fingerprint density at radius 2 is 2.08 bits per heavy atom. The summed E-state index contributed by atoms with van der Waals surface area (Å²) in [5, 5.41) is 0. The standard InChI is InChI=1S/C10H22OSi/c1-4-7-10(5-2,6-3)8-9-11-12/h5H,2,4,6-9H2,1,3,12H3. The summed E-state index contributed by atoms with van der Waals surface area (Å²) in [4.78, 5) is 0. The van der Waals surface area contributed by atoms with Gasteiger partial charge in [0.05, 0.1) is 0 Å². The number of hydrogen-bond donors (Lipinski definition) is 0. The molecule has 0 aromatic carbocycles. The molecule has 0 aliphatic carbocycles. The first-order valence-corrected chi connectivity index (χ1v) is 5.69. The molecule has 0 bridgehead atoms. The summed E-state index contributed by atoms with van der Waals surface area (Å²) < 4.78 is 5.24. The first kappa shape index (κ1) is 11.9. The lowest BCUT2D eigenvalue weighted by atomic mass is 9.78. The highest BCUT2D eigenvalue weighted by molar-refractivity contribution is 5.97. The second kappa shape index (κ2) is 6.43.